The summed E-state index contributed by atoms with van der Waals surface area (Å²) in [6.45, 7) is 0. The molecular weight excluding hydrogens is 226 g/mol. The molecule has 16 heavy (non-hydrogen) atoms. The molecule has 0 saturated heterocycles. The van der Waals surface area contributed by atoms with E-state index in [1.54, 1.807) is 18.5 Å². The van der Waals surface area contributed by atoms with Gasteiger partial charge in [-0.3, -0.25) is 16.3 Å². The number of nitrogens with zero attached hydrogens (tertiary/aromatic N) is 1. The zero-order valence-corrected chi connectivity index (χ0v) is 9.32. The molecule has 0 aliphatic carbocycles. The van der Waals surface area contributed by atoms with Gasteiger partial charge < -0.3 is 4.42 Å². The minimum absolute atomic E-state index is 0.0962. The summed E-state index contributed by atoms with van der Waals surface area (Å²) in [4.78, 5) is 4.24. The number of pyridine rings is 1. The Labute approximate surface area is 98.4 Å². The van der Waals surface area contributed by atoms with Gasteiger partial charge in [-0.2, -0.15) is 0 Å². The van der Waals surface area contributed by atoms with Crippen molar-refractivity contribution in [2.45, 2.75) is 12.5 Å². The highest BCUT2D eigenvalue weighted by atomic mass is 35.5. The highest BCUT2D eigenvalue weighted by Gasteiger charge is 2.16. The van der Waals surface area contributed by atoms with Crippen molar-refractivity contribution in [1.29, 1.82) is 0 Å². The molecule has 1 atom stereocenters. The predicted octanol–water partition coefficient (Wildman–Crippen LogP) is 2.08. The van der Waals surface area contributed by atoms with Gasteiger partial charge in [0.1, 0.15) is 0 Å². The zero-order chi connectivity index (χ0) is 11.4. The van der Waals surface area contributed by atoms with Crippen molar-refractivity contribution < 1.29 is 4.42 Å². The van der Waals surface area contributed by atoms with Crippen LogP contribution >= 0.6 is 11.6 Å². The molecule has 0 bridgehead atoms. The first-order chi connectivity index (χ1) is 7.81. The first-order valence-electron chi connectivity index (χ1n) is 4.90. The van der Waals surface area contributed by atoms with Crippen LogP contribution in [0.4, 0.5) is 0 Å². The van der Waals surface area contributed by atoms with Gasteiger partial charge in [0.15, 0.2) is 5.22 Å². The molecule has 0 saturated carbocycles. The number of halogens is 1. The minimum atomic E-state index is -0.0962. The molecule has 3 N–H and O–H groups in total. The normalized spacial score (nSPS) is 12.6. The van der Waals surface area contributed by atoms with Gasteiger partial charge >= 0.3 is 0 Å². The van der Waals surface area contributed by atoms with Crippen molar-refractivity contribution >= 4 is 11.6 Å². The highest BCUT2D eigenvalue weighted by molar-refractivity contribution is 6.29. The summed E-state index contributed by atoms with van der Waals surface area (Å²) in [5.74, 6) is 5.50. The quantitative estimate of drug-likeness (QED) is 0.631. The van der Waals surface area contributed by atoms with Crippen molar-refractivity contribution in [2.24, 2.45) is 5.84 Å². The first-order valence-corrected chi connectivity index (χ1v) is 5.28. The third-order valence-corrected chi connectivity index (χ3v) is 2.67. The van der Waals surface area contributed by atoms with Crippen LogP contribution < -0.4 is 11.3 Å². The maximum Gasteiger partial charge on any atom is 0.197 e. The minimum Gasteiger partial charge on any atom is -0.453 e. The van der Waals surface area contributed by atoms with Crippen molar-refractivity contribution in [1.82, 2.24) is 10.4 Å². The standard InChI is InChI=1S/C11H12ClN3O/c12-11-9(4-6-16-11)10(15-13)7-8-3-1-2-5-14-8/h1-6,10,15H,7,13H2. The molecule has 0 aromatic carbocycles. The lowest BCUT2D eigenvalue weighted by Gasteiger charge is -2.13. The van der Waals surface area contributed by atoms with Crippen LogP contribution in [0.2, 0.25) is 5.22 Å². The lowest BCUT2D eigenvalue weighted by molar-refractivity contribution is 0.523. The number of furan rings is 1. The van der Waals surface area contributed by atoms with Crippen LogP contribution in [0.1, 0.15) is 17.3 Å². The van der Waals surface area contributed by atoms with Crippen LogP contribution in [-0.4, -0.2) is 4.98 Å². The van der Waals surface area contributed by atoms with Crippen LogP contribution in [0.3, 0.4) is 0 Å². The number of nitrogens with one attached hydrogen (secondary N) is 1. The summed E-state index contributed by atoms with van der Waals surface area (Å²) in [5.41, 5.74) is 4.50. The number of rotatable bonds is 4. The number of hydrazine groups is 1. The van der Waals surface area contributed by atoms with Crippen molar-refractivity contribution in [3.8, 4) is 0 Å². The van der Waals surface area contributed by atoms with Gasteiger partial charge in [0, 0.05) is 23.9 Å². The molecule has 0 aliphatic heterocycles. The summed E-state index contributed by atoms with van der Waals surface area (Å²) in [6, 6.07) is 7.46. The van der Waals surface area contributed by atoms with Crippen molar-refractivity contribution in [3.05, 3.63) is 53.2 Å². The molecular formula is C11H12ClN3O. The van der Waals surface area contributed by atoms with Crippen LogP contribution in [0, 0.1) is 0 Å². The number of aromatic nitrogens is 1. The van der Waals surface area contributed by atoms with Gasteiger partial charge in [0.05, 0.1) is 12.3 Å². The molecule has 1 unspecified atom stereocenters. The maximum atomic E-state index is 5.90. The van der Waals surface area contributed by atoms with E-state index in [2.05, 4.69) is 10.4 Å². The topological polar surface area (TPSA) is 64.1 Å². The Balaban J connectivity index is 2.16. The van der Waals surface area contributed by atoms with Crippen molar-refractivity contribution in [2.75, 3.05) is 0 Å². The molecule has 2 aromatic rings. The van der Waals surface area contributed by atoms with Crippen LogP contribution in [0.5, 0.6) is 0 Å². The summed E-state index contributed by atoms with van der Waals surface area (Å²) in [5, 5.41) is 0.360. The average Bonchev–Trinajstić information content (AvgIpc) is 2.74. The summed E-state index contributed by atoms with van der Waals surface area (Å²) in [6.07, 6.45) is 3.96. The van der Waals surface area contributed by atoms with E-state index in [9.17, 15) is 0 Å². The van der Waals surface area contributed by atoms with Gasteiger partial charge in [-0.25, -0.2) is 0 Å². The Bertz CT molecular complexity index is 444. The fourth-order valence-electron chi connectivity index (χ4n) is 1.54. The van der Waals surface area contributed by atoms with E-state index in [-0.39, 0.29) is 6.04 Å². The van der Waals surface area contributed by atoms with Gasteiger partial charge in [0.25, 0.3) is 0 Å². The second-order valence-electron chi connectivity index (χ2n) is 3.39. The van der Waals surface area contributed by atoms with E-state index in [0.29, 0.717) is 11.6 Å². The van der Waals surface area contributed by atoms with Gasteiger partial charge in [0.2, 0.25) is 0 Å². The second kappa shape index (κ2) is 5.12. The van der Waals surface area contributed by atoms with E-state index >= 15 is 0 Å². The molecule has 0 fully saturated rings. The van der Waals surface area contributed by atoms with Crippen LogP contribution in [0.25, 0.3) is 0 Å². The Hall–Kier alpha value is -1.36. The summed E-state index contributed by atoms with van der Waals surface area (Å²) in [7, 11) is 0. The van der Waals surface area contributed by atoms with Gasteiger partial charge in [-0.05, 0) is 29.8 Å². The molecule has 0 amide bonds. The number of hydrogen-bond donors (Lipinski definition) is 2. The van der Waals surface area contributed by atoms with Crippen LogP contribution in [-0.2, 0) is 6.42 Å². The molecule has 0 aliphatic rings. The molecule has 2 heterocycles. The third-order valence-electron chi connectivity index (χ3n) is 2.36. The Morgan fingerprint density at radius 3 is 2.88 bits per heavy atom. The molecule has 0 spiro atoms. The maximum absolute atomic E-state index is 5.90. The SMILES string of the molecule is NNC(Cc1ccccn1)c1ccoc1Cl. The smallest absolute Gasteiger partial charge is 0.197 e. The second-order valence-corrected chi connectivity index (χ2v) is 3.74. The summed E-state index contributed by atoms with van der Waals surface area (Å²) < 4.78 is 5.03. The molecule has 2 aromatic heterocycles. The largest absolute Gasteiger partial charge is 0.453 e. The Morgan fingerprint density at radius 2 is 2.31 bits per heavy atom. The third kappa shape index (κ3) is 2.41. The predicted molar refractivity (Wildman–Crippen MR) is 61.7 cm³/mol. The fourth-order valence-corrected chi connectivity index (χ4v) is 1.79. The molecule has 0 radical (unpaired) electrons. The number of nitrogens with two attached hydrogens (primary N) is 1. The monoisotopic (exact) mass is 237 g/mol. The van der Waals surface area contributed by atoms with Gasteiger partial charge in [-0.15, -0.1) is 0 Å². The average molecular weight is 238 g/mol. The fraction of sp³-hybridized carbons (Fsp3) is 0.182. The number of hydrogen-bond acceptors (Lipinski definition) is 4. The van der Waals surface area contributed by atoms with Gasteiger partial charge in [-0.1, -0.05) is 6.07 Å². The van der Waals surface area contributed by atoms with Crippen LogP contribution in [0.15, 0.2) is 41.1 Å². The molecule has 84 valence electrons. The Morgan fingerprint density at radius 1 is 1.44 bits per heavy atom. The lowest BCUT2D eigenvalue weighted by Crippen LogP contribution is -2.29. The van der Waals surface area contributed by atoms with E-state index in [0.717, 1.165) is 11.3 Å². The zero-order valence-electron chi connectivity index (χ0n) is 8.56. The van der Waals surface area contributed by atoms with E-state index in [1.165, 1.54) is 0 Å². The molecule has 2 rings (SSSR count). The summed E-state index contributed by atoms with van der Waals surface area (Å²) >= 11 is 5.90. The Kier molecular flexibility index (Phi) is 3.56. The lowest BCUT2D eigenvalue weighted by atomic mass is 10.1. The molecule has 4 nitrogen and oxygen atoms in total. The van der Waals surface area contributed by atoms with E-state index in [1.807, 2.05) is 18.2 Å². The van der Waals surface area contributed by atoms with Crippen molar-refractivity contribution in [3.63, 3.8) is 0 Å². The molecule has 5 heteroatoms. The van der Waals surface area contributed by atoms with E-state index in [4.69, 9.17) is 21.9 Å². The highest BCUT2D eigenvalue weighted by Crippen LogP contribution is 2.25. The first kappa shape index (κ1) is 11.1. The van der Waals surface area contributed by atoms with E-state index < -0.39 is 0 Å².